The second-order valence-electron chi connectivity index (χ2n) is 7.22. The summed E-state index contributed by atoms with van der Waals surface area (Å²) in [5, 5.41) is 10.2. The Bertz CT molecular complexity index is 874. The van der Waals surface area contributed by atoms with Gasteiger partial charge in [-0.2, -0.15) is 0 Å². The maximum absolute atomic E-state index is 12.9. The van der Waals surface area contributed by atoms with Crippen LogP contribution in [0.15, 0.2) is 61.2 Å². The normalized spacial score (nSPS) is 16.4. The van der Waals surface area contributed by atoms with E-state index in [1.165, 1.54) is 22.5 Å². The molecule has 1 amide bonds. The lowest BCUT2D eigenvalue weighted by molar-refractivity contribution is -0.154. The van der Waals surface area contributed by atoms with Gasteiger partial charge in [0.2, 0.25) is 16.4 Å². The highest BCUT2D eigenvalue weighted by Crippen LogP contribution is 2.21. The van der Waals surface area contributed by atoms with E-state index in [-0.39, 0.29) is 12.5 Å². The number of rotatable bonds is 11. The lowest BCUT2D eigenvalue weighted by Crippen LogP contribution is -2.47. The third-order valence-corrected chi connectivity index (χ3v) is 7.15. The van der Waals surface area contributed by atoms with Crippen molar-refractivity contribution in [1.29, 1.82) is 0 Å². The van der Waals surface area contributed by atoms with E-state index >= 15 is 0 Å². The van der Waals surface area contributed by atoms with E-state index in [4.69, 9.17) is 4.74 Å². The summed E-state index contributed by atoms with van der Waals surface area (Å²) in [5.74, 6) is -0.442. The summed E-state index contributed by atoms with van der Waals surface area (Å²) in [6, 6.07) is 6.95. The molecule has 1 aliphatic heterocycles. The van der Waals surface area contributed by atoms with Crippen molar-refractivity contribution < 1.29 is 23.2 Å². The molecule has 2 rings (SSSR count). The van der Waals surface area contributed by atoms with Crippen molar-refractivity contribution in [2.24, 2.45) is 0 Å². The molecule has 0 saturated carbocycles. The maximum atomic E-state index is 12.9. The average molecular weight is 465 g/mol. The van der Waals surface area contributed by atoms with Gasteiger partial charge in [-0.05, 0) is 36.5 Å². The SMILES string of the molecule is C=C/C=C(\C=C)C(CS(=O)(=O)N1CCC(OCc2ccccc2C)CC1)N(O)C=O.CC. The fraction of sp³-hybridized carbons (Fsp3) is 0.458. The number of amides is 1. The molecular formula is C24H36N2O5S. The van der Waals surface area contributed by atoms with Crippen molar-refractivity contribution in [1.82, 2.24) is 9.37 Å². The van der Waals surface area contributed by atoms with E-state index in [1.54, 1.807) is 0 Å². The van der Waals surface area contributed by atoms with E-state index in [2.05, 4.69) is 13.2 Å². The lowest BCUT2D eigenvalue weighted by Gasteiger charge is -2.33. The number of sulfonamides is 1. The van der Waals surface area contributed by atoms with Crippen LogP contribution in [-0.2, 0) is 26.2 Å². The summed E-state index contributed by atoms with van der Waals surface area (Å²) in [4.78, 5) is 11.1. The predicted molar refractivity (Wildman–Crippen MR) is 128 cm³/mol. The van der Waals surface area contributed by atoms with Crippen molar-refractivity contribution in [2.45, 2.75) is 52.4 Å². The summed E-state index contributed by atoms with van der Waals surface area (Å²) < 4.78 is 33.2. The van der Waals surface area contributed by atoms with Crippen LogP contribution in [0.25, 0.3) is 0 Å². The zero-order chi connectivity index (χ0) is 24.1. The molecule has 7 nitrogen and oxygen atoms in total. The molecule has 1 N–H and O–H groups in total. The van der Waals surface area contributed by atoms with Gasteiger partial charge in [0.1, 0.15) is 0 Å². The van der Waals surface area contributed by atoms with Gasteiger partial charge in [-0.1, -0.05) is 69.5 Å². The minimum Gasteiger partial charge on any atom is -0.373 e. The van der Waals surface area contributed by atoms with Crippen LogP contribution >= 0.6 is 0 Å². The standard InChI is InChI=1S/C22H30N2O5S.C2H6/c1-4-8-19(5-2)22(24(26)17-25)16-30(27,28)23-13-11-21(12-14-23)29-15-20-10-7-6-9-18(20)3;1-2/h4-10,17,21-22,26H,1-2,11-16H2,3H3;1-2H3/b19-8+;. The van der Waals surface area contributed by atoms with E-state index in [1.807, 2.05) is 45.0 Å². The Labute approximate surface area is 192 Å². The van der Waals surface area contributed by atoms with Crippen molar-refractivity contribution in [2.75, 3.05) is 18.8 Å². The third-order valence-electron chi connectivity index (χ3n) is 5.26. The summed E-state index contributed by atoms with van der Waals surface area (Å²) >= 11 is 0. The molecule has 0 aromatic heterocycles. The number of allylic oxidation sites excluding steroid dienone is 2. The van der Waals surface area contributed by atoms with Crippen LogP contribution in [0.2, 0.25) is 0 Å². The van der Waals surface area contributed by atoms with Gasteiger partial charge in [-0.15, -0.1) is 0 Å². The summed E-state index contributed by atoms with van der Waals surface area (Å²) in [5.41, 5.74) is 2.68. The molecule has 32 heavy (non-hydrogen) atoms. The van der Waals surface area contributed by atoms with Crippen molar-refractivity contribution in [3.8, 4) is 0 Å². The fourth-order valence-electron chi connectivity index (χ4n) is 3.41. The summed E-state index contributed by atoms with van der Waals surface area (Å²) in [6.45, 7) is 14.4. The van der Waals surface area contributed by atoms with Crippen molar-refractivity contribution >= 4 is 16.4 Å². The van der Waals surface area contributed by atoms with Gasteiger partial charge in [0, 0.05) is 13.1 Å². The van der Waals surface area contributed by atoms with E-state index in [9.17, 15) is 18.4 Å². The highest BCUT2D eigenvalue weighted by atomic mass is 32.2. The van der Waals surface area contributed by atoms with Gasteiger partial charge in [-0.3, -0.25) is 10.0 Å². The number of hydrogen-bond donors (Lipinski definition) is 1. The highest BCUT2D eigenvalue weighted by molar-refractivity contribution is 7.89. The number of aryl methyl sites for hydroxylation is 1. The molecule has 0 bridgehead atoms. The molecule has 0 aliphatic carbocycles. The Kier molecular flexibility index (Phi) is 12.2. The van der Waals surface area contributed by atoms with Crippen molar-refractivity contribution in [3.05, 3.63) is 72.4 Å². The van der Waals surface area contributed by atoms with Crippen LogP contribution in [0.1, 0.15) is 37.8 Å². The predicted octanol–water partition coefficient (Wildman–Crippen LogP) is 3.85. The van der Waals surface area contributed by atoms with Crippen LogP contribution in [0.4, 0.5) is 0 Å². The Hall–Kier alpha value is -2.26. The largest absolute Gasteiger partial charge is 0.373 e. The minimum atomic E-state index is -3.71. The zero-order valence-electron chi connectivity index (χ0n) is 19.3. The van der Waals surface area contributed by atoms with Gasteiger partial charge in [-0.25, -0.2) is 17.8 Å². The Morgan fingerprint density at radius 2 is 1.91 bits per heavy atom. The number of carbonyl (C=O) groups excluding carboxylic acids is 1. The molecule has 1 unspecified atom stereocenters. The zero-order valence-corrected chi connectivity index (χ0v) is 20.1. The lowest BCUT2D eigenvalue weighted by atomic mass is 10.1. The smallest absolute Gasteiger partial charge is 0.233 e. The second kappa shape index (κ2) is 14.0. The molecule has 1 atom stereocenters. The molecule has 8 heteroatoms. The first-order valence-corrected chi connectivity index (χ1v) is 12.4. The monoisotopic (exact) mass is 464 g/mol. The third kappa shape index (κ3) is 8.02. The average Bonchev–Trinajstić information content (AvgIpc) is 2.81. The topological polar surface area (TPSA) is 87.2 Å². The van der Waals surface area contributed by atoms with Crippen LogP contribution in [0, 0.1) is 6.92 Å². The number of hydrogen-bond acceptors (Lipinski definition) is 5. The Balaban J connectivity index is 0.00000249. The Morgan fingerprint density at radius 3 is 2.44 bits per heavy atom. The van der Waals surface area contributed by atoms with Gasteiger partial charge in [0.25, 0.3) is 0 Å². The number of hydroxylamine groups is 2. The highest BCUT2D eigenvalue weighted by Gasteiger charge is 2.33. The molecule has 1 aromatic rings. The molecule has 0 radical (unpaired) electrons. The first-order chi connectivity index (χ1) is 15.3. The molecule has 1 aromatic carbocycles. The first kappa shape index (κ1) is 27.8. The van der Waals surface area contributed by atoms with E-state index < -0.39 is 21.8 Å². The minimum absolute atomic E-state index is 0.0134. The molecule has 0 spiro atoms. The van der Waals surface area contributed by atoms with Crippen LogP contribution in [0.5, 0.6) is 0 Å². The van der Waals surface area contributed by atoms with Gasteiger partial charge in [0.15, 0.2) is 0 Å². The molecule has 1 fully saturated rings. The summed E-state index contributed by atoms with van der Waals surface area (Å²) in [6.07, 6.45) is 5.72. The number of carbonyl (C=O) groups is 1. The first-order valence-electron chi connectivity index (χ1n) is 10.8. The molecular weight excluding hydrogens is 428 g/mol. The molecule has 178 valence electrons. The summed E-state index contributed by atoms with van der Waals surface area (Å²) in [7, 11) is -3.71. The van der Waals surface area contributed by atoms with Crippen LogP contribution < -0.4 is 0 Å². The van der Waals surface area contributed by atoms with E-state index in [0.29, 0.717) is 43.2 Å². The Morgan fingerprint density at radius 1 is 1.28 bits per heavy atom. The molecule has 1 heterocycles. The van der Waals surface area contributed by atoms with Gasteiger partial charge < -0.3 is 4.74 Å². The number of piperidine rings is 1. The van der Waals surface area contributed by atoms with Crippen molar-refractivity contribution in [3.63, 3.8) is 0 Å². The second-order valence-corrected chi connectivity index (χ2v) is 9.24. The van der Waals surface area contributed by atoms with Gasteiger partial charge >= 0.3 is 0 Å². The molecule has 1 saturated heterocycles. The number of ether oxygens (including phenoxy) is 1. The van der Waals surface area contributed by atoms with Crippen LogP contribution in [-0.4, -0.2) is 60.4 Å². The molecule has 1 aliphatic rings. The van der Waals surface area contributed by atoms with E-state index in [0.717, 1.165) is 11.1 Å². The maximum Gasteiger partial charge on any atom is 0.233 e. The quantitative estimate of drug-likeness (QED) is 0.233. The fourth-order valence-corrected chi connectivity index (χ4v) is 5.13. The van der Waals surface area contributed by atoms with Crippen LogP contribution in [0.3, 0.4) is 0 Å². The number of nitrogens with zero attached hydrogens (tertiary/aromatic N) is 2. The van der Waals surface area contributed by atoms with Gasteiger partial charge in [0.05, 0.1) is 24.5 Å². The number of benzene rings is 1.